The van der Waals surface area contributed by atoms with Crippen LogP contribution in [0.1, 0.15) is 61.8 Å². The summed E-state index contributed by atoms with van der Waals surface area (Å²) < 4.78 is 5.56. The zero-order valence-corrected chi connectivity index (χ0v) is 16.2. The number of hydrogen-bond acceptors (Lipinski definition) is 1. The summed E-state index contributed by atoms with van der Waals surface area (Å²) in [6, 6.07) is 18.5. The highest BCUT2D eigenvalue weighted by Crippen LogP contribution is 2.64. The van der Waals surface area contributed by atoms with Gasteiger partial charge < -0.3 is 10.1 Å². The first kappa shape index (κ1) is 16.5. The van der Waals surface area contributed by atoms with E-state index in [1.165, 1.54) is 30.4 Å². The number of rotatable bonds is 4. The van der Waals surface area contributed by atoms with Gasteiger partial charge in [0.05, 0.1) is 6.61 Å². The van der Waals surface area contributed by atoms with Crippen LogP contribution in [-0.4, -0.2) is 13.7 Å². The molecule has 2 N–H and O–H groups in total. The Bertz CT molecular complexity index is 861. The number of benzene rings is 2. The highest BCUT2D eigenvalue weighted by molar-refractivity contribution is 5.53. The third-order valence-corrected chi connectivity index (χ3v) is 7.84. The molecule has 2 heteroatoms. The molecule has 5 rings (SSSR count). The van der Waals surface area contributed by atoms with Crippen LogP contribution in [0, 0.1) is 5.92 Å². The summed E-state index contributed by atoms with van der Waals surface area (Å²) in [4.78, 5) is 0. The van der Waals surface area contributed by atoms with Gasteiger partial charge in [0.2, 0.25) is 0 Å². The molecule has 0 unspecified atom stereocenters. The smallest absolute Gasteiger partial charge is 0.146 e. The Morgan fingerprint density at radius 2 is 1.58 bits per heavy atom. The van der Waals surface area contributed by atoms with E-state index >= 15 is 0 Å². The van der Waals surface area contributed by atoms with E-state index in [1.807, 2.05) is 7.11 Å². The molecular weight excluding hydrogens is 318 g/mol. The van der Waals surface area contributed by atoms with Crippen LogP contribution in [0.3, 0.4) is 0 Å². The van der Waals surface area contributed by atoms with E-state index in [2.05, 4.69) is 67.7 Å². The number of quaternary nitrogens is 1. The monoisotopic (exact) mass is 348 g/mol. The van der Waals surface area contributed by atoms with E-state index in [-0.39, 0.29) is 11.1 Å². The van der Waals surface area contributed by atoms with Crippen LogP contribution in [0.5, 0.6) is 0 Å². The second-order valence-corrected chi connectivity index (χ2v) is 8.95. The summed E-state index contributed by atoms with van der Waals surface area (Å²) in [5.41, 5.74) is 6.75. The Kier molecular flexibility index (Phi) is 3.45. The third-order valence-electron chi connectivity index (χ3n) is 7.84. The van der Waals surface area contributed by atoms with Crippen molar-refractivity contribution < 1.29 is 10.1 Å². The van der Waals surface area contributed by atoms with Gasteiger partial charge in [-0.2, -0.15) is 0 Å². The molecule has 2 aliphatic heterocycles. The Morgan fingerprint density at radius 3 is 2.23 bits per heavy atom. The van der Waals surface area contributed by atoms with Crippen molar-refractivity contribution in [2.45, 2.75) is 56.0 Å². The van der Waals surface area contributed by atoms with Gasteiger partial charge in [0.25, 0.3) is 0 Å². The number of nitrogens with two attached hydrogens (primary N) is 1. The van der Waals surface area contributed by atoms with E-state index in [0.29, 0.717) is 5.41 Å². The van der Waals surface area contributed by atoms with Crippen LogP contribution < -0.4 is 5.32 Å². The minimum absolute atomic E-state index is 0.00332. The van der Waals surface area contributed by atoms with E-state index in [4.69, 9.17) is 4.74 Å². The van der Waals surface area contributed by atoms with Crippen LogP contribution in [-0.2, 0) is 21.2 Å². The van der Waals surface area contributed by atoms with Crippen LogP contribution in [0.15, 0.2) is 48.5 Å². The normalized spacial score (nSPS) is 36.5. The Morgan fingerprint density at radius 1 is 0.962 bits per heavy atom. The molecule has 136 valence electrons. The maximum Gasteiger partial charge on any atom is 0.146 e. The van der Waals surface area contributed by atoms with Crippen molar-refractivity contribution in [1.29, 1.82) is 0 Å². The molecule has 2 bridgehead atoms. The number of fused-ring (bicyclic) bond motifs is 9. The van der Waals surface area contributed by atoms with Crippen molar-refractivity contribution in [3.05, 3.63) is 70.8 Å². The van der Waals surface area contributed by atoms with Crippen molar-refractivity contribution in [2.75, 3.05) is 13.7 Å². The average Bonchev–Trinajstić information content (AvgIpc) is 3.31. The van der Waals surface area contributed by atoms with Gasteiger partial charge >= 0.3 is 0 Å². The Hall–Kier alpha value is -1.64. The lowest BCUT2D eigenvalue weighted by atomic mass is 9.76. The van der Waals surface area contributed by atoms with Gasteiger partial charge in [-0.05, 0) is 36.7 Å². The summed E-state index contributed by atoms with van der Waals surface area (Å²) in [5.74, 6) is 0.789. The fourth-order valence-electron chi connectivity index (χ4n) is 6.47. The molecular formula is C24H30NO+. The molecule has 1 aliphatic carbocycles. The lowest BCUT2D eigenvalue weighted by molar-refractivity contribution is -0.787. The maximum absolute atomic E-state index is 5.56. The van der Waals surface area contributed by atoms with Gasteiger partial charge in [-0.25, -0.2) is 0 Å². The maximum atomic E-state index is 5.56. The average molecular weight is 349 g/mol. The van der Waals surface area contributed by atoms with Crippen LogP contribution in [0.2, 0.25) is 0 Å². The van der Waals surface area contributed by atoms with Gasteiger partial charge in [0, 0.05) is 36.6 Å². The Balaban J connectivity index is 1.78. The summed E-state index contributed by atoms with van der Waals surface area (Å²) in [6.07, 6.45) is 4.96. The van der Waals surface area contributed by atoms with Gasteiger partial charge in [-0.15, -0.1) is 0 Å². The molecule has 0 spiro atoms. The van der Waals surface area contributed by atoms with Gasteiger partial charge in [0.1, 0.15) is 11.1 Å². The minimum atomic E-state index is -0.00332. The molecule has 0 saturated heterocycles. The lowest BCUT2D eigenvalue weighted by Crippen LogP contribution is -3.00. The summed E-state index contributed by atoms with van der Waals surface area (Å²) in [6.45, 7) is 5.67. The molecule has 2 aromatic rings. The third kappa shape index (κ3) is 1.95. The second kappa shape index (κ2) is 5.43. The zero-order chi connectivity index (χ0) is 18.0. The predicted molar refractivity (Wildman–Crippen MR) is 104 cm³/mol. The largest absolute Gasteiger partial charge is 0.384 e. The van der Waals surface area contributed by atoms with E-state index in [1.54, 1.807) is 11.1 Å². The molecule has 0 amide bonds. The molecule has 1 fully saturated rings. The van der Waals surface area contributed by atoms with E-state index < -0.39 is 0 Å². The summed E-state index contributed by atoms with van der Waals surface area (Å²) >= 11 is 0. The molecule has 2 nitrogen and oxygen atoms in total. The van der Waals surface area contributed by atoms with Crippen molar-refractivity contribution in [3.63, 3.8) is 0 Å². The molecule has 0 aromatic heterocycles. The minimum Gasteiger partial charge on any atom is -0.384 e. The lowest BCUT2D eigenvalue weighted by Gasteiger charge is -2.37. The number of hydrogen-bond donors (Lipinski definition) is 1. The molecule has 2 aromatic carbocycles. The first-order valence-corrected chi connectivity index (χ1v) is 10.2. The zero-order valence-electron chi connectivity index (χ0n) is 16.2. The van der Waals surface area contributed by atoms with Crippen molar-refractivity contribution in [2.24, 2.45) is 5.92 Å². The molecule has 0 radical (unpaired) electrons. The highest BCUT2D eigenvalue weighted by Gasteiger charge is 2.65. The van der Waals surface area contributed by atoms with Crippen LogP contribution in [0.25, 0.3) is 0 Å². The van der Waals surface area contributed by atoms with E-state index in [0.717, 1.165) is 18.9 Å². The standard InChI is InChI=1S/C24H29NO/c1-4-23-15-17(23)16-24(13-14-26-3)21-12-8-6-10-19(21)22(2,25-24)18-9-5-7-11-20(18)23/h5-12,17,25H,4,13-16H2,1-3H3/p+1/t17-,22-,23-,24+/m1/s1. The molecule has 26 heavy (non-hydrogen) atoms. The van der Waals surface area contributed by atoms with E-state index in [9.17, 15) is 0 Å². The molecule has 1 saturated carbocycles. The fourth-order valence-corrected chi connectivity index (χ4v) is 6.47. The number of ether oxygens (including phenoxy) is 1. The fraction of sp³-hybridized carbons (Fsp3) is 0.500. The first-order chi connectivity index (χ1) is 12.6. The topological polar surface area (TPSA) is 25.8 Å². The SMILES string of the molecule is CC[C@@]12C[C@@H]1C[C@]1(CCOC)[NH2+][C@@](C)(c3ccccc31)c1ccccc12. The summed E-state index contributed by atoms with van der Waals surface area (Å²) in [5, 5.41) is 2.69. The first-order valence-electron chi connectivity index (χ1n) is 10.2. The van der Waals surface area contributed by atoms with Crippen LogP contribution in [0.4, 0.5) is 0 Å². The predicted octanol–water partition coefficient (Wildman–Crippen LogP) is 3.83. The Labute approximate surface area is 157 Å². The van der Waals surface area contributed by atoms with Gasteiger partial charge in [-0.3, -0.25) is 0 Å². The quantitative estimate of drug-likeness (QED) is 0.893. The molecule has 3 aliphatic rings. The number of methoxy groups -OCH3 is 1. The van der Waals surface area contributed by atoms with Gasteiger partial charge in [0.15, 0.2) is 0 Å². The second-order valence-electron chi connectivity index (χ2n) is 8.95. The summed E-state index contributed by atoms with van der Waals surface area (Å²) in [7, 11) is 1.84. The molecule has 4 atom stereocenters. The van der Waals surface area contributed by atoms with Crippen LogP contribution >= 0.6 is 0 Å². The highest BCUT2D eigenvalue weighted by atomic mass is 16.5. The van der Waals surface area contributed by atoms with Crippen molar-refractivity contribution >= 4 is 0 Å². The van der Waals surface area contributed by atoms with Crippen molar-refractivity contribution in [3.8, 4) is 0 Å². The molecule has 2 heterocycles. The van der Waals surface area contributed by atoms with Crippen molar-refractivity contribution in [1.82, 2.24) is 0 Å². The van der Waals surface area contributed by atoms with Gasteiger partial charge in [-0.1, -0.05) is 55.5 Å².